The summed E-state index contributed by atoms with van der Waals surface area (Å²) in [5, 5.41) is 8.83. The van der Waals surface area contributed by atoms with Gasteiger partial charge in [-0.3, -0.25) is 4.90 Å². The predicted molar refractivity (Wildman–Crippen MR) is 85.2 cm³/mol. The van der Waals surface area contributed by atoms with Crippen molar-refractivity contribution >= 4 is 0 Å². The van der Waals surface area contributed by atoms with Gasteiger partial charge in [0.25, 0.3) is 0 Å². The van der Waals surface area contributed by atoms with E-state index in [0.29, 0.717) is 24.0 Å². The van der Waals surface area contributed by atoms with Crippen molar-refractivity contribution in [2.24, 2.45) is 11.3 Å². The summed E-state index contributed by atoms with van der Waals surface area (Å²) in [4.78, 5) is 6.63. The number of nitriles is 1. The normalized spacial score (nSPS) is 26.2. The van der Waals surface area contributed by atoms with Crippen LogP contribution in [-0.2, 0) is 11.3 Å². The summed E-state index contributed by atoms with van der Waals surface area (Å²) >= 11 is 0. The predicted octanol–water partition coefficient (Wildman–Crippen LogP) is 2.07. The van der Waals surface area contributed by atoms with E-state index in [1.54, 1.807) is 24.7 Å². The van der Waals surface area contributed by atoms with Gasteiger partial charge in [0.15, 0.2) is 0 Å². The van der Waals surface area contributed by atoms with Crippen molar-refractivity contribution in [2.45, 2.75) is 6.54 Å². The maximum Gasteiger partial charge on any atom is 0.213 e. The number of aromatic nitrogens is 1. The van der Waals surface area contributed by atoms with Crippen molar-refractivity contribution in [1.82, 2.24) is 9.88 Å². The molecule has 0 N–H and O–H groups in total. The molecule has 24 heavy (non-hydrogen) atoms. The quantitative estimate of drug-likeness (QED) is 0.838. The molecule has 2 aromatic heterocycles. The third-order valence-electron chi connectivity index (χ3n) is 4.95. The Balaban J connectivity index is 1.41. The summed E-state index contributed by atoms with van der Waals surface area (Å²) in [6, 6.07) is 7.54. The molecule has 0 unspecified atom stereocenters. The van der Waals surface area contributed by atoms with Gasteiger partial charge in [0.2, 0.25) is 5.88 Å². The van der Waals surface area contributed by atoms with Gasteiger partial charge in [0.05, 0.1) is 37.9 Å². The number of likely N-dealkylation sites (tertiary alicyclic amines) is 1. The second-order valence-electron chi connectivity index (χ2n) is 6.66. The number of pyridine rings is 1. The summed E-state index contributed by atoms with van der Waals surface area (Å²) in [6.07, 6.45) is 5.05. The van der Waals surface area contributed by atoms with Gasteiger partial charge in [-0.25, -0.2) is 4.98 Å². The molecule has 124 valence electrons. The Hall–Kier alpha value is -2.36. The average Bonchev–Trinajstić information content (AvgIpc) is 3.30. The molecule has 4 heterocycles. The number of furan rings is 1. The van der Waals surface area contributed by atoms with Crippen molar-refractivity contribution in [3.05, 3.63) is 48.0 Å². The topological polar surface area (TPSA) is 71.5 Å². The molecule has 2 aromatic rings. The molecule has 0 spiro atoms. The summed E-state index contributed by atoms with van der Waals surface area (Å²) in [5.41, 5.74) is 1.75. The van der Waals surface area contributed by atoms with Crippen LogP contribution in [0, 0.1) is 22.7 Å². The van der Waals surface area contributed by atoms with Crippen LogP contribution in [0.3, 0.4) is 0 Å². The highest BCUT2D eigenvalue weighted by Crippen LogP contribution is 2.42. The summed E-state index contributed by atoms with van der Waals surface area (Å²) in [6.45, 7) is 4.93. The molecule has 0 radical (unpaired) electrons. The first-order valence-corrected chi connectivity index (χ1v) is 8.08. The van der Waals surface area contributed by atoms with Gasteiger partial charge >= 0.3 is 0 Å². The smallest absolute Gasteiger partial charge is 0.213 e. The van der Waals surface area contributed by atoms with Gasteiger partial charge in [0.1, 0.15) is 6.07 Å². The fourth-order valence-electron chi connectivity index (χ4n) is 3.66. The monoisotopic (exact) mass is 325 g/mol. The van der Waals surface area contributed by atoms with E-state index in [1.165, 1.54) is 11.8 Å². The molecule has 0 bridgehead atoms. The van der Waals surface area contributed by atoms with Gasteiger partial charge < -0.3 is 13.9 Å². The minimum absolute atomic E-state index is 0.0132. The Morgan fingerprint density at radius 3 is 3.12 bits per heavy atom. The number of ether oxygens (including phenoxy) is 2. The Bertz CT molecular complexity index is 723. The van der Waals surface area contributed by atoms with Crippen molar-refractivity contribution in [1.29, 1.82) is 5.26 Å². The van der Waals surface area contributed by atoms with E-state index in [-0.39, 0.29) is 5.41 Å². The second kappa shape index (κ2) is 6.27. The Labute approximate surface area is 140 Å². The standard InChI is InChI=1S/C18H19N3O3/c19-5-14-1-2-17(20-6-14)24-13-18-11-21(7-15-3-4-22-9-15)8-16(18)10-23-12-18/h1-4,6,9,16H,7-8,10-13H2/t16-,18+/m1/s1. The molecule has 0 aliphatic carbocycles. The maximum absolute atomic E-state index is 8.83. The minimum Gasteiger partial charge on any atom is -0.477 e. The Morgan fingerprint density at radius 1 is 1.42 bits per heavy atom. The fraction of sp³-hybridized carbons (Fsp3) is 0.444. The van der Waals surface area contributed by atoms with Crippen molar-refractivity contribution in [3.8, 4) is 11.9 Å². The van der Waals surface area contributed by atoms with Gasteiger partial charge in [0, 0.05) is 48.8 Å². The molecule has 2 atom stereocenters. The van der Waals surface area contributed by atoms with Crippen LogP contribution >= 0.6 is 0 Å². The SMILES string of the molecule is N#Cc1ccc(OC[C@]23COC[C@H]2CN(Cc2ccoc2)C3)nc1. The highest BCUT2D eigenvalue weighted by molar-refractivity contribution is 5.28. The van der Waals surface area contributed by atoms with E-state index in [4.69, 9.17) is 19.2 Å². The molecule has 2 fully saturated rings. The zero-order chi connectivity index (χ0) is 16.4. The van der Waals surface area contributed by atoms with Crippen LogP contribution in [0.4, 0.5) is 0 Å². The van der Waals surface area contributed by atoms with Crippen LogP contribution in [-0.4, -0.2) is 42.8 Å². The molecule has 2 aliphatic heterocycles. The van der Waals surface area contributed by atoms with E-state index in [1.807, 2.05) is 6.07 Å². The van der Waals surface area contributed by atoms with Crippen LogP contribution in [0.2, 0.25) is 0 Å². The summed E-state index contributed by atoms with van der Waals surface area (Å²) < 4.78 is 16.8. The van der Waals surface area contributed by atoms with Gasteiger partial charge in [-0.15, -0.1) is 0 Å². The fourth-order valence-corrected chi connectivity index (χ4v) is 3.66. The number of rotatable bonds is 5. The highest BCUT2D eigenvalue weighted by atomic mass is 16.5. The minimum atomic E-state index is 0.0132. The molecule has 4 rings (SSSR count). The van der Waals surface area contributed by atoms with Gasteiger partial charge in [-0.2, -0.15) is 5.26 Å². The second-order valence-corrected chi connectivity index (χ2v) is 6.66. The van der Waals surface area contributed by atoms with Crippen LogP contribution in [0.1, 0.15) is 11.1 Å². The molecule has 6 heteroatoms. The number of nitrogens with zero attached hydrogens (tertiary/aromatic N) is 3. The van der Waals surface area contributed by atoms with E-state index in [2.05, 4.69) is 16.0 Å². The lowest BCUT2D eigenvalue weighted by Gasteiger charge is -2.27. The number of fused-ring (bicyclic) bond motifs is 1. The Kier molecular flexibility index (Phi) is 3.97. The Morgan fingerprint density at radius 2 is 2.38 bits per heavy atom. The highest BCUT2D eigenvalue weighted by Gasteiger charge is 2.51. The first kappa shape index (κ1) is 15.2. The van der Waals surface area contributed by atoms with Crippen molar-refractivity contribution in [2.75, 3.05) is 32.9 Å². The third kappa shape index (κ3) is 2.88. The van der Waals surface area contributed by atoms with E-state index in [0.717, 1.165) is 32.8 Å². The molecule has 0 saturated carbocycles. The van der Waals surface area contributed by atoms with E-state index in [9.17, 15) is 0 Å². The zero-order valence-electron chi connectivity index (χ0n) is 13.4. The molecule has 2 aliphatic rings. The van der Waals surface area contributed by atoms with E-state index >= 15 is 0 Å². The third-order valence-corrected chi connectivity index (χ3v) is 4.95. The molecule has 0 amide bonds. The van der Waals surface area contributed by atoms with Gasteiger partial charge in [-0.1, -0.05) is 0 Å². The van der Waals surface area contributed by atoms with Crippen LogP contribution < -0.4 is 4.74 Å². The average molecular weight is 325 g/mol. The van der Waals surface area contributed by atoms with Crippen LogP contribution in [0.25, 0.3) is 0 Å². The molecule has 6 nitrogen and oxygen atoms in total. The lowest BCUT2D eigenvalue weighted by Crippen LogP contribution is -2.37. The lowest BCUT2D eigenvalue weighted by atomic mass is 9.82. The molecule has 2 saturated heterocycles. The van der Waals surface area contributed by atoms with Crippen molar-refractivity contribution < 1.29 is 13.9 Å². The molecular formula is C18H19N3O3. The van der Waals surface area contributed by atoms with E-state index < -0.39 is 0 Å². The maximum atomic E-state index is 8.83. The molecular weight excluding hydrogens is 306 g/mol. The first-order valence-electron chi connectivity index (χ1n) is 8.08. The number of hydrogen-bond donors (Lipinski definition) is 0. The van der Waals surface area contributed by atoms with Crippen LogP contribution in [0.15, 0.2) is 41.3 Å². The lowest BCUT2D eigenvalue weighted by molar-refractivity contribution is 0.0881. The summed E-state index contributed by atoms with van der Waals surface area (Å²) in [5.74, 6) is 1.03. The van der Waals surface area contributed by atoms with Crippen molar-refractivity contribution in [3.63, 3.8) is 0 Å². The first-order chi connectivity index (χ1) is 11.8. The largest absolute Gasteiger partial charge is 0.477 e. The summed E-state index contributed by atoms with van der Waals surface area (Å²) in [7, 11) is 0. The zero-order valence-corrected chi connectivity index (χ0v) is 13.4. The number of hydrogen-bond acceptors (Lipinski definition) is 6. The van der Waals surface area contributed by atoms with Gasteiger partial charge in [-0.05, 0) is 12.1 Å². The van der Waals surface area contributed by atoms with Crippen LogP contribution in [0.5, 0.6) is 5.88 Å². The molecule has 0 aromatic carbocycles.